The lowest BCUT2D eigenvalue weighted by Crippen LogP contribution is -1.99. The molecule has 3 aromatic rings. The van der Waals surface area contributed by atoms with E-state index in [2.05, 4.69) is 15.5 Å². The fourth-order valence-corrected chi connectivity index (χ4v) is 2.38. The van der Waals surface area contributed by atoms with E-state index in [4.69, 9.17) is 25.5 Å². The summed E-state index contributed by atoms with van der Waals surface area (Å²) in [5.41, 5.74) is 1.36. The number of anilines is 1. The highest BCUT2D eigenvalue weighted by molar-refractivity contribution is 6.31. The van der Waals surface area contributed by atoms with Crippen molar-refractivity contribution in [2.24, 2.45) is 0 Å². The molecule has 0 unspecified atom stereocenters. The minimum atomic E-state index is -0.472. The molecule has 1 N–H and O–H groups in total. The Hall–Kier alpha value is -2.80. The molecule has 130 valence electrons. The van der Waals surface area contributed by atoms with Crippen molar-refractivity contribution in [3.8, 4) is 23.0 Å². The molecule has 0 aliphatic rings. The lowest BCUT2D eigenvalue weighted by atomic mass is 10.2. The Labute approximate surface area is 148 Å². The van der Waals surface area contributed by atoms with Gasteiger partial charge in [-0.15, -0.1) is 10.2 Å². The molecule has 0 aliphatic heterocycles. The Morgan fingerprint density at radius 2 is 1.88 bits per heavy atom. The Kier molecular flexibility index (Phi) is 5.04. The van der Waals surface area contributed by atoms with Crippen molar-refractivity contribution in [3.05, 3.63) is 53.1 Å². The molecule has 0 fully saturated rings. The number of nitrogens with one attached hydrogen (secondary N) is 1. The molecule has 0 saturated heterocycles. The summed E-state index contributed by atoms with van der Waals surface area (Å²) in [4.78, 5) is 0. The molecule has 0 spiro atoms. The number of halogens is 2. The van der Waals surface area contributed by atoms with Crippen molar-refractivity contribution in [2.75, 3.05) is 19.5 Å². The molecule has 2 aromatic carbocycles. The lowest BCUT2D eigenvalue weighted by Gasteiger charge is -2.07. The second-order valence-corrected chi connectivity index (χ2v) is 5.46. The van der Waals surface area contributed by atoms with E-state index >= 15 is 0 Å². The van der Waals surface area contributed by atoms with Crippen LogP contribution in [0.15, 0.2) is 40.8 Å². The summed E-state index contributed by atoms with van der Waals surface area (Å²) in [7, 11) is 3.12. The summed E-state index contributed by atoms with van der Waals surface area (Å²) < 4.78 is 29.2. The van der Waals surface area contributed by atoms with E-state index < -0.39 is 5.82 Å². The number of ether oxygens (including phenoxy) is 2. The summed E-state index contributed by atoms with van der Waals surface area (Å²) in [6.45, 7) is 0.280. The molecule has 0 atom stereocenters. The van der Waals surface area contributed by atoms with E-state index in [0.717, 1.165) is 0 Å². The average molecular weight is 364 g/mol. The van der Waals surface area contributed by atoms with E-state index in [1.165, 1.54) is 12.1 Å². The van der Waals surface area contributed by atoms with Gasteiger partial charge in [0.1, 0.15) is 5.82 Å². The first-order chi connectivity index (χ1) is 12.1. The van der Waals surface area contributed by atoms with Crippen LogP contribution < -0.4 is 14.8 Å². The average Bonchev–Trinajstić information content (AvgIpc) is 3.11. The van der Waals surface area contributed by atoms with Crippen LogP contribution in [0.1, 0.15) is 5.89 Å². The van der Waals surface area contributed by atoms with Crippen LogP contribution in [0.2, 0.25) is 5.02 Å². The maximum absolute atomic E-state index is 13.1. The molecular formula is C17H15ClFN3O3. The minimum Gasteiger partial charge on any atom is -0.493 e. The van der Waals surface area contributed by atoms with Crippen molar-refractivity contribution in [1.29, 1.82) is 0 Å². The molecule has 0 amide bonds. The third kappa shape index (κ3) is 3.83. The molecule has 0 aliphatic carbocycles. The van der Waals surface area contributed by atoms with Gasteiger partial charge in [0.05, 0.1) is 25.8 Å². The van der Waals surface area contributed by atoms with Crippen LogP contribution in [-0.2, 0) is 6.54 Å². The third-order valence-corrected chi connectivity index (χ3v) is 3.75. The second-order valence-electron chi connectivity index (χ2n) is 5.05. The Balaban J connectivity index is 1.73. The second kappa shape index (κ2) is 7.40. The first-order valence-corrected chi connectivity index (χ1v) is 7.72. The van der Waals surface area contributed by atoms with Gasteiger partial charge in [0.15, 0.2) is 11.5 Å². The fourth-order valence-electron chi connectivity index (χ4n) is 2.19. The van der Waals surface area contributed by atoms with Gasteiger partial charge in [-0.1, -0.05) is 11.6 Å². The van der Waals surface area contributed by atoms with E-state index in [9.17, 15) is 4.39 Å². The van der Waals surface area contributed by atoms with E-state index in [0.29, 0.717) is 34.5 Å². The first-order valence-electron chi connectivity index (χ1n) is 7.34. The molecule has 0 radical (unpaired) electrons. The summed E-state index contributed by atoms with van der Waals surface area (Å²) in [6, 6.07) is 9.66. The molecule has 0 bridgehead atoms. The van der Waals surface area contributed by atoms with Gasteiger partial charge in [-0.2, -0.15) is 0 Å². The molecule has 1 heterocycles. The number of benzene rings is 2. The maximum atomic E-state index is 13.1. The minimum absolute atomic E-state index is 0.0431. The predicted molar refractivity (Wildman–Crippen MR) is 91.6 cm³/mol. The van der Waals surface area contributed by atoms with Gasteiger partial charge in [0.25, 0.3) is 0 Å². The normalized spacial score (nSPS) is 10.6. The largest absolute Gasteiger partial charge is 0.493 e. The predicted octanol–water partition coefficient (Wildman–Crippen LogP) is 4.16. The smallest absolute Gasteiger partial charge is 0.247 e. The van der Waals surface area contributed by atoms with Crippen molar-refractivity contribution in [1.82, 2.24) is 10.2 Å². The van der Waals surface area contributed by atoms with Gasteiger partial charge in [-0.25, -0.2) is 4.39 Å². The van der Waals surface area contributed by atoms with Crippen LogP contribution in [0.4, 0.5) is 10.1 Å². The third-order valence-electron chi connectivity index (χ3n) is 3.46. The van der Waals surface area contributed by atoms with Crippen molar-refractivity contribution in [3.63, 3.8) is 0 Å². The van der Waals surface area contributed by atoms with Gasteiger partial charge in [0.2, 0.25) is 11.8 Å². The van der Waals surface area contributed by atoms with Gasteiger partial charge >= 0.3 is 0 Å². The summed E-state index contributed by atoms with van der Waals surface area (Å²) in [5.74, 6) is 1.44. The SMILES string of the molecule is COc1ccc(-c2nnc(CNc3ccc(F)c(Cl)c3)o2)cc1OC. The quantitative estimate of drug-likeness (QED) is 0.709. The van der Waals surface area contributed by atoms with Crippen molar-refractivity contribution >= 4 is 17.3 Å². The van der Waals surface area contributed by atoms with E-state index in [1.54, 1.807) is 38.5 Å². The Morgan fingerprint density at radius 1 is 1.08 bits per heavy atom. The molecular weight excluding hydrogens is 349 g/mol. The monoisotopic (exact) mass is 363 g/mol. The zero-order valence-electron chi connectivity index (χ0n) is 13.5. The molecule has 3 rings (SSSR count). The molecule has 25 heavy (non-hydrogen) atoms. The summed E-state index contributed by atoms with van der Waals surface area (Å²) in [6.07, 6.45) is 0. The van der Waals surface area contributed by atoms with E-state index in [-0.39, 0.29) is 11.6 Å². The van der Waals surface area contributed by atoms with Crippen LogP contribution in [-0.4, -0.2) is 24.4 Å². The molecule has 6 nitrogen and oxygen atoms in total. The highest BCUT2D eigenvalue weighted by atomic mass is 35.5. The van der Waals surface area contributed by atoms with Gasteiger partial charge in [-0.3, -0.25) is 0 Å². The van der Waals surface area contributed by atoms with E-state index in [1.807, 2.05) is 0 Å². The summed E-state index contributed by atoms with van der Waals surface area (Å²) in [5, 5.41) is 11.1. The number of hydrogen-bond acceptors (Lipinski definition) is 6. The van der Waals surface area contributed by atoms with Crippen LogP contribution in [0.25, 0.3) is 11.5 Å². The van der Waals surface area contributed by atoms with Gasteiger partial charge < -0.3 is 19.2 Å². The van der Waals surface area contributed by atoms with Crippen LogP contribution in [0, 0.1) is 5.82 Å². The summed E-state index contributed by atoms with van der Waals surface area (Å²) >= 11 is 5.74. The standard InChI is InChI=1S/C17H15ClFN3O3/c1-23-14-6-3-10(7-15(14)24-2)17-22-21-16(25-17)9-20-11-4-5-13(19)12(18)8-11/h3-8,20H,9H2,1-2H3. The van der Waals surface area contributed by atoms with Crippen LogP contribution >= 0.6 is 11.6 Å². The molecule has 0 saturated carbocycles. The van der Waals surface area contributed by atoms with Crippen molar-refractivity contribution in [2.45, 2.75) is 6.54 Å². The maximum Gasteiger partial charge on any atom is 0.247 e. The number of hydrogen-bond donors (Lipinski definition) is 1. The van der Waals surface area contributed by atoms with Gasteiger partial charge in [-0.05, 0) is 36.4 Å². The first kappa shape index (κ1) is 17.0. The number of rotatable bonds is 6. The molecule has 1 aromatic heterocycles. The number of aromatic nitrogens is 2. The topological polar surface area (TPSA) is 69.4 Å². The Bertz CT molecular complexity index is 885. The number of nitrogens with zero attached hydrogens (tertiary/aromatic N) is 2. The fraction of sp³-hybridized carbons (Fsp3) is 0.176. The van der Waals surface area contributed by atoms with Crippen LogP contribution in [0.3, 0.4) is 0 Å². The zero-order valence-corrected chi connectivity index (χ0v) is 14.3. The highest BCUT2D eigenvalue weighted by Gasteiger charge is 2.12. The Morgan fingerprint density at radius 3 is 2.60 bits per heavy atom. The van der Waals surface area contributed by atoms with Crippen molar-refractivity contribution < 1.29 is 18.3 Å². The highest BCUT2D eigenvalue weighted by Crippen LogP contribution is 2.31. The van der Waals surface area contributed by atoms with Gasteiger partial charge in [0, 0.05) is 11.3 Å². The lowest BCUT2D eigenvalue weighted by molar-refractivity contribution is 0.355. The van der Waals surface area contributed by atoms with Crippen LogP contribution in [0.5, 0.6) is 11.5 Å². The molecule has 8 heteroatoms. The zero-order chi connectivity index (χ0) is 17.8. The number of methoxy groups -OCH3 is 2.